The summed E-state index contributed by atoms with van der Waals surface area (Å²) in [6, 6.07) is 59.4. The zero-order chi connectivity index (χ0) is 31.3. The van der Waals surface area contributed by atoms with Crippen LogP contribution in [0.4, 0.5) is 0 Å². The first kappa shape index (κ1) is 26.1. The van der Waals surface area contributed by atoms with Crippen molar-refractivity contribution in [3.63, 3.8) is 0 Å². The van der Waals surface area contributed by atoms with Crippen molar-refractivity contribution in [2.45, 2.75) is 12.8 Å². The van der Waals surface area contributed by atoms with E-state index >= 15 is 0 Å². The highest BCUT2D eigenvalue weighted by Crippen LogP contribution is 2.49. The molecule has 0 fully saturated rings. The Morgan fingerprint density at radius 1 is 0.271 bits per heavy atom. The molecule has 0 amide bonds. The molecule has 0 radical (unpaired) electrons. The molecule has 0 saturated carbocycles. The quantitative estimate of drug-likeness (QED) is 0.172. The number of fused-ring (bicyclic) bond motifs is 12. The van der Waals surface area contributed by atoms with Crippen molar-refractivity contribution in [3.8, 4) is 44.5 Å². The Balaban J connectivity index is 1.16. The van der Waals surface area contributed by atoms with Crippen LogP contribution in [-0.4, -0.2) is 0 Å². The molecule has 0 bridgehead atoms. The second-order valence-electron chi connectivity index (χ2n) is 13.6. The van der Waals surface area contributed by atoms with Gasteiger partial charge in [-0.25, -0.2) is 0 Å². The standard InChI is InChI=1S/C48H30/c1-3-11-37-29(9-1)17-21-33-25-31-19-23-35(27-43(31)45(33)37)47-39-13-5-7-15-41(39)48(42-16-8-6-14-40(42)47)36-24-20-32-26-34-22-18-30-10-2-4-12-38(30)46(34)44(32)28-36/h1-24,27-28H,25-26H2. The molecule has 0 heterocycles. The van der Waals surface area contributed by atoms with Gasteiger partial charge in [0.05, 0.1) is 0 Å². The largest absolute Gasteiger partial charge is 0.0616 e. The van der Waals surface area contributed by atoms with E-state index in [4.69, 9.17) is 0 Å². The first-order chi connectivity index (χ1) is 23.8. The first-order valence-corrected chi connectivity index (χ1v) is 17.0. The zero-order valence-electron chi connectivity index (χ0n) is 26.4. The van der Waals surface area contributed by atoms with Gasteiger partial charge in [0.25, 0.3) is 0 Å². The number of hydrogen-bond acceptors (Lipinski definition) is 0. The number of rotatable bonds is 2. The molecule has 2 aliphatic rings. The van der Waals surface area contributed by atoms with Gasteiger partial charge in [0, 0.05) is 0 Å². The SMILES string of the molecule is c1ccc2c3c(ccc2c1)Cc1ccc(-c2c4ccccc4c(-c4ccc5c(c4)-c4c(ccc6ccccc46)C5)c4ccccc24)cc1-3. The first-order valence-electron chi connectivity index (χ1n) is 17.0. The molecule has 222 valence electrons. The van der Waals surface area contributed by atoms with Gasteiger partial charge < -0.3 is 0 Å². The maximum Gasteiger partial charge on any atom is -0.00132 e. The van der Waals surface area contributed by atoms with Gasteiger partial charge >= 0.3 is 0 Å². The van der Waals surface area contributed by atoms with Crippen LogP contribution in [0.1, 0.15) is 22.3 Å². The maximum absolute atomic E-state index is 2.47. The predicted octanol–water partition coefficient (Wildman–Crippen LogP) is 12.8. The van der Waals surface area contributed by atoms with Gasteiger partial charge in [-0.05, 0) is 135 Å². The molecule has 0 saturated heterocycles. The van der Waals surface area contributed by atoms with Crippen LogP contribution in [0.5, 0.6) is 0 Å². The Kier molecular flexibility index (Phi) is 5.32. The van der Waals surface area contributed by atoms with Crippen LogP contribution in [-0.2, 0) is 12.8 Å². The van der Waals surface area contributed by atoms with Crippen molar-refractivity contribution in [2.24, 2.45) is 0 Å². The van der Waals surface area contributed by atoms with E-state index in [2.05, 4.69) is 158 Å². The van der Waals surface area contributed by atoms with Crippen molar-refractivity contribution in [2.75, 3.05) is 0 Å². The average Bonchev–Trinajstić information content (AvgIpc) is 3.72. The van der Waals surface area contributed by atoms with Gasteiger partial charge in [-0.15, -0.1) is 0 Å². The molecule has 0 nitrogen and oxygen atoms in total. The molecule has 11 rings (SSSR count). The smallest absolute Gasteiger partial charge is 0.00132 e. The lowest BCUT2D eigenvalue weighted by molar-refractivity contribution is 1.27. The molecule has 2 aliphatic carbocycles. The molecule has 0 spiro atoms. The fourth-order valence-corrected chi connectivity index (χ4v) is 8.96. The predicted molar refractivity (Wildman–Crippen MR) is 204 cm³/mol. The normalized spacial score (nSPS) is 12.8. The van der Waals surface area contributed by atoms with E-state index in [1.165, 1.54) is 110 Å². The van der Waals surface area contributed by atoms with Crippen molar-refractivity contribution < 1.29 is 0 Å². The van der Waals surface area contributed by atoms with E-state index in [0.717, 1.165) is 12.8 Å². The van der Waals surface area contributed by atoms with E-state index < -0.39 is 0 Å². The van der Waals surface area contributed by atoms with Crippen LogP contribution in [0.15, 0.2) is 158 Å². The molecule has 48 heavy (non-hydrogen) atoms. The summed E-state index contributed by atoms with van der Waals surface area (Å²) in [5.74, 6) is 0. The highest BCUT2D eigenvalue weighted by Gasteiger charge is 2.25. The molecule has 0 N–H and O–H groups in total. The minimum Gasteiger partial charge on any atom is -0.0616 e. The molecule has 0 aliphatic heterocycles. The van der Waals surface area contributed by atoms with Crippen LogP contribution >= 0.6 is 0 Å². The fraction of sp³-hybridized carbons (Fsp3) is 0.0417. The lowest BCUT2D eigenvalue weighted by Gasteiger charge is -2.19. The third-order valence-corrected chi connectivity index (χ3v) is 11.1. The number of benzene rings is 9. The van der Waals surface area contributed by atoms with E-state index in [9.17, 15) is 0 Å². The molecule has 9 aromatic rings. The highest BCUT2D eigenvalue weighted by molar-refractivity contribution is 6.22. The Hall–Kier alpha value is -5.98. The van der Waals surface area contributed by atoms with E-state index in [-0.39, 0.29) is 0 Å². The third-order valence-electron chi connectivity index (χ3n) is 11.1. The Bertz CT molecular complexity index is 2580. The Morgan fingerprint density at radius 2 is 0.625 bits per heavy atom. The van der Waals surface area contributed by atoms with Crippen LogP contribution in [0.2, 0.25) is 0 Å². The molecule has 9 aromatic carbocycles. The second kappa shape index (κ2) is 9.77. The molecule has 0 unspecified atom stereocenters. The monoisotopic (exact) mass is 606 g/mol. The van der Waals surface area contributed by atoms with Crippen molar-refractivity contribution >= 4 is 43.1 Å². The summed E-state index contributed by atoms with van der Waals surface area (Å²) in [7, 11) is 0. The van der Waals surface area contributed by atoms with E-state index in [1.54, 1.807) is 0 Å². The molecule has 0 aromatic heterocycles. The summed E-state index contributed by atoms with van der Waals surface area (Å²) in [6.45, 7) is 0. The van der Waals surface area contributed by atoms with Crippen LogP contribution < -0.4 is 0 Å². The summed E-state index contributed by atoms with van der Waals surface area (Å²) in [6.07, 6.45) is 1.99. The van der Waals surface area contributed by atoms with Crippen molar-refractivity contribution in [3.05, 3.63) is 180 Å². The van der Waals surface area contributed by atoms with Gasteiger partial charge in [0.2, 0.25) is 0 Å². The average molecular weight is 607 g/mol. The summed E-state index contributed by atoms with van der Waals surface area (Å²) in [5.41, 5.74) is 16.4. The van der Waals surface area contributed by atoms with Crippen molar-refractivity contribution in [1.82, 2.24) is 0 Å². The van der Waals surface area contributed by atoms with Gasteiger partial charge in [0.15, 0.2) is 0 Å². The lowest BCUT2D eigenvalue weighted by atomic mass is 9.84. The molecular formula is C48H30. The maximum atomic E-state index is 2.47. The minimum absolute atomic E-state index is 0.993. The van der Waals surface area contributed by atoms with Crippen LogP contribution in [0.3, 0.4) is 0 Å². The third kappa shape index (κ3) is 3.60. The number of hydrogen-bond donors (Lipinski definition) is 0. The van der Waals surface area contributed by atoms with Gasteiger partial charge in [-0.2, -0.15) is 0 Å². The topological polar surface area (TPSA) is 0 Å². The highest BCUT2D eigenvalue weighted by atomic mass is 14.3. The summed E-state index contributed by atoms with van der Waals surface area (Å²) < 4.78 is 0. The summed E-state index contributed by atoms with van der Waals surface area (Å²) in [5, 5.41) is 10.5. The van der Waals surface area contributed by atoms with Crippen LogP contribution in [0.25, 0.3) is 87.6 Å². The van der Waals surface area contributed by atoms with Gasteiger partial charge in [-0.3, -0.25) is 0 Å². The van der Waals surface area contributed by atoms with Gasteiger partial charge in [0.1, 0.15) is 0 Å². The second-order valence-corrected chi connectivity index (χ2v) is 13.6. The van der Waals surface area contributed by atoms with E-state index in [0.29, 0.717) is 0 Å². The van der Waals surface area contributed by atoms with Gasteiger partial charge in [-0.1, -0.05) is 146 Å². The van der Waals surface area contributed by atoms with Crippen LogP contribution in [0, 0.1) is 0 Å². The van der Waals surface area contributed by atoms with Crippen molar-refractivity contribution in [1.29, 1.82) is 0 Å². The fourth-order valence-electron chi connectivity index (χ4n) is 8.96. The molecular weight excluding hydrogens is 577 g/mol. The Morgan fingerprint density at radius 3 is 1.04 bits per heavy atom. The lowest BCUT2D eigenvalue weighted by Crippen LogP contribution is -1.92. The Labute approximate surface area is 279 Å². The summed E-state index contributed by atoms with van der Waals surface area (Å²) in [4.78, 5) is 0. The molecule has 0 heteroatoms. The molecule has 0 atom stereocenters. The van der Waals surface area contributed by atoms with E-state index in [1.807, 2.05) is 0 Å². The summed E-state index contributed by atoms with van der Waals surface area (Å²) >= 11 is 0. The zero-order valence-corrected chi connectivity index (χ0v) is 26.4. The minimum atomic E-state index is 0.993.